The maximum atomic E-state index is 12.2. The summed E-state index contributed by atoms with van der Waals surface area (Å²) in [7, 11) is 0. The van der Waals surface area contributed by atoms with Crippen LogP contribution < -0.4 is 5.32 Å². The molecule has 0 spiro atoms. The summed E-state index contributed by atoms with van der Waals surface area (Å²) in [4.78, 5) is 16.4. The summed E-state index contributed by atoms with van der Waals surface area (Å²) < 4.78 is 5.27. The van der Waals surface area contributed by atoms with Crippen molar-refractivity contribution < 1.29 is 14.6 Å². The van der Waals surface area contributed by atoms with Crippen LogP contribution in [0.4, 0.5) is 4.79 Å². The minimum atomic E-state index is -0.820. The molecule has 6 nitrogen and oxygen atoms in total. The van der Waals surface area contributed by atoms with Crippen molar-refractivity contribution >= 4 is 12.1 Å². The summed E-state index contributed by atoms with van der Waals surface area (Å²) in [5, 5.41) is 13.8. The fourth-order valence-corrected chi connectivity index (χ4v) is 3.61. The number of nitrogens with one attached hydrogen (secondary N) is 1. The highest BCUT2D eigenvalue weighted by molar-refractivity contribution is 5.74. The van der Waals surface area contributed by atoms with Gasteiger partial charge in [-0.3, -0.25) is 4.90 Å². The molecular weight excluding hydrogens is 342 g/mol. The third kappa shape index (κ3) is 6.34. The van der Waals surface area contributed by atoms with Crippen molar-refractivity contribution in [2.75, 3.05) is 52.5 Å². The van der Waals surface area contributed by atoms with E-state index in [9.17, 15) is 9.90 Å². The molecule has 2 amide bonds. The van der Waals surface area contributed by atoms with E-state index < -0.39 is 5.60 Å². The van der Waals surface area contributed by atoms with Crippen LogP contribution in [0.1, 0.15) is 24.8 Å². The average molecular weight is 373 g/mol. The smallest absolute Gasteiger partial charge is 0.317 e. The van der Waals surface area contributed by atoms with E-state index in [0.717, 1.165) is 32.5 Å². The van der Waals surface area contributed by atoms with Gasteiger partial charge in [0.05, 0.1) is 18.8 Å². The predicted molar refractivity (Wildman–Crippen MR) is 107 cm³/mol. The molecule has 148 valence electrons. The fraction of sp³-hybridized carbons (Fsp3) is 0.571. The summed E-state index contributed by atoms with van der Waals surface area (Å²) in [6, 6.07) is 10.2. The third-order valence-corrected chi connectivity index (χ3v) is 5.35. The first kappa shape index (κ1) is 19.9. The second-order valence-electron chi connectivity index (χ2n) is 7.45. The van der Waals surface area contributed by atoms with Gasteiger partial charge in [-0.05, 0) is 31.4 Å². The highest BCUT2D eigenvalue weighted by Crippen LogP contribution is 2.22. The lowest BCUT2D eigenvalue weighted by Crippen LogP contribution is -2.51. The van der Waals surface area contributed by atoms with Crippen LogP contribution in [-0.4, -0.2) is 79.0 Å². The van der Waals surface area contributed by atoms with Crippen LogP contribution >= 0.6 is 0 Å². The van der Waals surface area contributed by atoms with Gasteiger partial charge < -0.3 is 20.1 Å². The van der Waals surface area contributed by atoms with Crippen molar-refractivity contribution in [1.82, 2.24) is 15.1 Å². The van der Waals surface area contributed by atoms with Crippen LogP contribution in [0.15, 0.2) is 36.4 Å². The van der Waals surface area contributed by atoms with E-state index in [4.69, 9.17) is 4.74 Å². The number of benzene rings is 1. The normalized spacial score (nSPS) is 24.7. The molecule has 2 aliphatic rings. The number of urea groups is 1. The number of morpholine rings is 1. The highest BCUT2D eigenvalue weighted by Gasteiger charge is 2.31. The fourth-order valence-electron chi connectivity index (χ4n) is 3.61. The summed E-state index contributed by atoms with van der Waals surface area (Å²) in [6.07, 6.45) is 6.65. The van der Waals surface area contributed by atoms with Crippen molar-refractivity contribution in [1.29, 1.82) is 0 Å². The zero-order valence-corrected chi connectivity index (χ0v) is 16.0. The number of hydrogen-bond acceptors (Lipinski definition) is 4. The Kier molecular flexibility index (Phi) is 7.26. The molecule has 2 fully saturated rings. The molecule has 1 aromatic carbocycles. The largest absolute Gasteiger partial charge is 0.388 e. The Morgan fingerprint density at radius 1 is 1.15 bits per heavy atom. The molecule has 0 aliphatic carbocycles. The standard InChI is InChI=1S/C21H31N3O3/c25-20(24-14-16-27-17-15-24)22-18-21(26)9-5-12-23(13-10-21)11-4-8-19-6-2-1-3-7-19/h1-4,6-8,26H,5,9-18H2,(H,22,25)/b8-4+/t21-/m1/s1. The number of amides is 2. The van der Waals surface area contributed by atoms with Gasteiger partial charge in [0.15, 0.2) is 0 Å². The van der Waals surface area contributed by atoms with E-state index in [-0.39, 0.29) is 6.03 Å². The minimum absolute atomic E-state index is 0.0985. The van der Waals surface area contributed by atoms with Crippen LogP contribution in [-0.2, 0) is 4.74 Å². The van der Waals surface area contributed by atoms with E-state index in [2.05, 4.69) is 34.5 Å². The van der Waals surface area contributed by atoms with Gasteiger partial charge in [0.25, 0.3) is 0 Å². The van der Waals surface area contributed by atoms with Gasteiger partial charge in [-0.2, -0.15) is 0 Å². The van der Waals surface area contributed by atoms with Gasteiger partial charge in [-0.25, -0.2) is 4.79 Å². The lowest BCUT2D eigenvalue weighted by Gasteiger charge is -2.31. The Hall–Kier alpha value is -1.89. The van der Waals surface area contributed by atoms with Crippen molar-refractivity contribution in [3.63, 3.8) is 0 Å². The monoisotopic (exact) mass is 373 g/mol. The van der Waals surface area contributed by atoms with Crippen LogP contribution in [0.2, 0.25) is 0 Å². The minimum Gasteiger partial charge on any atom is -0.388 e. The molecule has 0 saturated carbocycles. The van der Waals surface area contributed by atoms with E-state index >= 15 is 0 Å². The Morgan fingerprint density at radius 2 is 1.93 bits per heavy atom. The van der Waals surface area contributed by atoms with Gasteiger partial charge in [0.1, 0.15) is 0 Å². The van der Waals surface area contributed by atoms with Crippen molar-refractivity contribution in [3.8, 4) is 0 Å². The Balaban J connectivity index is 1.42. The van der Waals surface area contributed by atoms with Gasteiger partial charge in [0.2, 0.25) is 0 Å². The molecular formula is C21H31N3O3. The number of carbonyl (C=O) groups is 1. The zero-order valence-electron chi connectivity index (χ0n) is 16.0. The molecule has 6 heteroatoms. The lowest BCUT2D eigenvalue weighted by atomic mass is 9.95. The first-order valence-corrected chi connectivity index (χ1v) is 9.91. The summed E-state index contributed by atoms with van der Waals surface area (Å²) in [5.41, 5.74) is 0.384. The Morgan fingerprint density at radius 3 is 2.70 bits per heavy atom. The first-order chi connectivity index (χ1) is 13.1. The molecule has 0 radical (unpaired) electrons. The van der Waals surface area contributed by atoms with Crippen molar-refractivity contribution in [3.05, 3.63) is 42.0 Å². The molecule has 1 atom stereocenters. The number of ether oxygens (including phenoxy) is 1. The number of rotatable bonds is 5. The first-order valence-electron chi connectivity index (χ1n) is 9.91. The molecule has 2 saturated heterocycles. The Labute approximate surface area is 161 Å². The molecule has 0 unspecified atom stereocenters. The van der Waals surface area contributed by atoms with Gasteiger partial charge in [-0.1, -0.05) is 42.5 Å². The third-order valence-electron chi connectivity index (χ3n) is 5.35. The lowest BCUT2D eigenvalue weighted by molar-refractivity contribution is 0.0230. The maximum Gasteiger partial charge on any atom is 0.317 e. The molecule has 2 aliphatic heterocycles. The van der Waals surface area contributed by atoms with Crippen molar-refractivity contribution in [2.24, 2.45) is 0 Å². The average Bonchev–Trinajstić information content (AvgIpc) is 2.90. The van der Waals surface area contributed by atoms with E-state index in [1.807, 2.05) is 18.2 Å². The zero-order chi connectivity index (χ0) is 19.0. The van der Waals surface area contributed by atoms with Crippen LogP contribution in [0.3, 0.4) is 0 Å². The summed E-state index contributed by atoms with van der Waals surface area (Å²) >= 11 is 0. The number of aliphatic hydroxyl groups is 1. The summed E-state index contributed by atoms with van der Waals surface area (Å²) in [5.74, 6) is 0. The van der Waals surface area contributed by atoms with Gasteiger partial charge in [-0.15, -0.1) is 0 Å². The predicted octanol–water partition coefficient (Wildman–Crippen LogP) is 1.96. The molecule has 2 heterocycles. The number of nitrogens with zero attached hydrogens (tertiary/aromatic N) is 2. The van der Waals surface area contributed by atoms with E-state index in [1.54, 1.807) is 4.90 Å². The van der Waals surface area contributed by atoms with Crippen LogP contribution in [0.25, 0.3) is 6.08 Å². The Bertz CT molecular complexity index is 616. The molecule has 2 N–H and O–H groups in total. The maximum absolute atomic E-state index is 12.2. The highest BCUT2D eigenvalue weighted by atomic mass is 16.5. The molecule has 1 aromatic rings. The summed E-state index contributed by atoms with van der Waals surface area (Å²) in [6.45, 7) is 5.41. The molecule has 0 bridgehead atoms. The molecule has 27 heavy (non-hydrogen) atoms. The van der Waals surface area contributed by atoms with Gasteiger partial charge >= 0.3 is 6.03 Å². The molecule has 0 aromatic heterocycles. The number of likely N-dealkylation sites (tertiary alicyclic amines) is 1. The number of carbonyl (C=O) groups excluding carboxylic acids is 1. The quantitative estimate of drug-likeness (QED) is 0.828. The second kappa shape index (κ2) is 9.88. The SMILES string of the molecule is O=C(NC[C@@]1(O)CCCN(C/C=C/c2ccccc2)CC1)N1CCOCC1. The van der Waals surface area contributed by atoms with Crippen LogP contribution in [0.5, 0.6) is 0 Å². The topological polar surface area (TPSA) is 65.0 Å². The van der Waals surface area contributed by atoms with E-state index in [1.165, 1.54) is 5.56 Å². The second-order valence-corrected chi connectivity index (χ2v) is 7.45. The van der Waals surface area contributed by atoms with E-state index in [0.29, 0.717) is 39.3 Å². The van der Waals surface area contributed by atoms with Crippen molar-refractivity contribution in [2.45, 2.75) is 24.9 Å². The van der Waals surface area contributed by atoms with Crippen LogP contribution in [0, 0.1) is 0 Å². The number of hydrogen-bond donors (Lipinski definition) is 2. The van der Waals surface area contributed by atoms with Gasteiger partial charge in [0, 0.05) is 32.7 Å². The molecule has 3 rings (SSSR count).